The smallest absolute Gasteiger partial charge is 0.123 e. The van der Waals surface area contributed by atoms with Gasteiger partial charge in [0.2, 0.25) is 0 Å². The first-order valence-corrected chi connectivity index (χ1v) is 8.79. The molecule has 3 heteroatoms. The Hall–Kier alpha value is -1.09. The van der Waals surface area contributed by atoms with Crippen LogP contribution < -0.4 is 4.74 Å². The Morgan fingerprint density at radius 1 is 0.909 bits per heavy atom. The molecule has 0 unspecified atom stereocenters. The largest absolute Gasteiger partial charge is 0.494 e. The van der Waals surface area contributed by atoms with E-state index in [1.165, 1.54) is 18.6 Å². The highest BCUT2D eigenvalue weighted by Gasteiger charge is 1.97. The summed E-state index contributed by atoms with van der Waals surface area (Å²) >= 11 is 0. The molecule has 0 heterocycles. The summed E-state index contributed by atoms with van der Waals surface area (Å²) in [4.78, 5) is 2.29. The summed E-state index contributed by atoms with van der Waals surface area (Å²) in [5.74, 6) is 0.509. The summed E-state index contributed by atoms with van der Waals surface area (Å²) in [5.41, 5.74) is 0. The van der Waals surface area contributed by atoms with Crippen molar-refractivity contribution >= 4 is 0 Å². The van der Waals surface area contributed by atoms with Gasteiger partial charge in [0, 0.05) is 6.54 Å². The van der Waals surface area contributed by atoms with E-state index in [1.54, 1.807) is 12.1 Å². The van der Waals surface area contributed by atoms with Gasteiger partial charge in [0.1, 0.15) is 11.6 Å². The SMILES string of the molecule is CC.CC.CC.CCCN(C)CCCOc1ccc(F)cc1. The number of rotatable bonds is 7. The lowest BCUT2D eigenvalue weighted by Gasteiger charge is -2.15. The fraction of sp³-hybridized carbons (Fsp3) is 0.684. The normalized spacial score (nSPS) is 8.64. The van der Waals surface area contributed by atoms with Gasteiger partial charge in [-0.2, -0.15) is 0 Å². The van der Waals surface area contributed by atoms with Crippen molar-refractivity contribution in [2.75, 3.05) is 26.7 Å². The first-order chi connectivity index (χ1) is 10.7. The van der Waals surface area contributed by atoms with Gasteiger partial charge < -0.3 is 9.64 Å². The van der Waals surface area contributed by atoms with Crippen LogP contribution in [0, 0.1) is 5.82 Å². The van der Waals surface area contributed by atoms with Crippen molar-refractivity contribution in [2.45, 2.75) is 61.3 Å². The minimum atomic E-state index is -0.227. The van der Waals surface area contributed by atoms with Crippen LogP contribution in [0.5, 0.6) is 5.75 Å². The lowest BCUT2D eigenvalue weighted by atomic mass is 10.3. The average molecular weight is 316 g/mol. The van der Waals surface area contributed by atoms with Gasteiger partial charge in [-0.15, -0.1) is 0 Å². The number of benzene rings is 1. The van der Waals surface area contributed by atoms with E-state index in [1.807, 2.05) is 41.5 Å². The lowest BCUT2D eigenvalue weighted by molar-refractivity contribution is 0.262. The zero-order chi connectivity index (χ0) is 17.8. The van der Waals surface area contributed by atoms with Crippen LogP contribution in [0.15, 0.2) is 24.3 Å². The van der Waals surface area contributed by atoms with Crippen molar-refractivity contribution in [3.63, 3.8) is 0 Å². The van der Waals surface area contributed by atoms with Crippen molar-refractivity contribution in [1.82, 2.24) is 4.90 Å². The Bertz CT molecular complexity index is 288. The summed E-state index contributed by atoms with van der Waals surface area (Å²) < 4.78 is 18.1. The van der Waals surface area contributed by atoms with Crippen LogP contribution in [0.25, 0.3) is 0 Å². The molecule has 1 aromatic carbocycles. The Morgan fingerprint density at radius 3 is 1.86 bits per heavy atom. The van der Waals surface area contributed by atoms with E-state index in [0.29, 0.717) is 6.61 Å². The fourth-order valence-corrected chi connectivity index (χ4v) is 1.55. The third kappa shape index (κ3) is 17.0. The maximum Gasteiger partial charge on any atom is 0.123 e. The number of halogens is 1. The molecule has 0 aromatic heterocycles. The molecule has 0 atom stereocenters. The Morgan fingerprint density at radius 2 is 1.41 bits per heavy atom. The van der Waals surface area contributed by atoms with Gasteiger partial charge in [-0.25, -0.2) is 4.39 Å². The predicted octanol–water partition coefficient (Wildman–Crippen LogP) is 6.02. The van der Waals surface area contributed by atoms with Gasteiger partial charge in [-0.3, -0.25) is 0 Å². The van der Waals surface area contributed by atoms with Crippen LogP contribution in [0.4, 0.5) is 4.39 Å². The second-order valence-corrected chi connectivity index (χ2v) is 3.96. The maximum atomic E-state index is 12.6. The molecule has 0 radical (unpaired) electrons. The molecule has 0 fully saturated rings. The first kappa shape index (κ1) is 25.8. The molecule has 1 rings (SSSR count). The molecule has 1 aromatic rings. The molecule has 132 valence electrons. The zero-order valence-electron chi connectivity index (χ0n) is 16.1. The number of ether oxygens (including phenoxy) is 1. The maximum absolute atomic E-state index is 12.6. The summed E-state index contributed by atoms with van der Waals surface area (Å²) in [6.45, 7) is 17.0. The van der Waals surface area contributed by atoms with E-state index < -0.39 is 0 Å². The van der Waals surface area contributed by atoms with E-state index in [0.717, 1.165) is 25.3 Å². The van der Waals surface area contributed by atoms with E-state index in [2.05, 4.69) is 18.9 Å². The second-order valence-electron chi connectivity index (χ2n) is 3.96. The highest BCUT2D eigenvalue weighted by Crippen LogP contribution is 2.11. The quantitative estimate of drug-likeness (QED) is 0.571. The van der Waals surface area contributed by atoms with Crippen molar-refractivity contribution in [2.24, 2.45) is 0 Å². The molecule has 0 amide bonds. The van der Waals surface area contributed by atoms with Gasteiger partial charge in [0.15, 0.2) is 0 Å². The van der Waals surface area contributed by atoms with E-state index in [9.17, 15) is 4.39 Å². The summed E-state index contributed by atoms with van der Waals surface area (Å²) in [6.07, 6.45) is 2.17. The number of hydrogen-bond acceptors (Lipinski definition) is 2. The van der Waals surface area contributed by atoms with Gasteiger partial charge >= 0.3 is 0 Å². The summed E-state index contributed by atoms with van der Waals surface area (Å²) in [7, 11) is 2.11. The van der Waals surface area contributed by atoms with Gasteiger partial charge in [0.05, 0.1) is 6.61 Å². The van der Waals surface area contributed by atoms with E-state index in [-0.39, 0.29) is 5.82 Å². The van der Waals surface area contributed by atoms with Crippen LogP contribution in [-0.4, -0.2) is 31.6 Å². The Labute approximate surface area is 138 Å². The molecule has 2 nitrogen and oxygen atoms in total. The molecule has 0 saturated carbocycles. The molecule has 0 aliphatic carbocycles. The van der Waals surface area contributed by atoms with Crippen LogP contribution in [0.1, 0.15) is 61.3 Å². The predicted molar refractivity (Wildman–Crippen MR) is 98.3 cm³/mol. The molecule has 0 N–H and O–H groups in total. The molecule has 22 heavy (non-hydrogen) atoms. The highest BCUT2D eigenvalue weighted by molar-refractivity contribution is 5.21. The monoisotopic (exact) mass is 315 g/mol. The Kier molecular flexibility index (Phi) is 26.1. The van der Waals surface area contributed by atoms with Crippen LogP contribution in [0.2, 0.25) is 0 Å². The van der Waals surface area contributed by atoms with E-state index >= 15 is 0 Å². The average Bonchev–Trinajstić information content (AvgIpc) is 2.59. The van der Waals surface area contributed by atoms with Gasteiger partial charge in [-0.05, 0) is 50.7 Å². The summed E-state index contributed by atoms with van der Waals surface area (Å²) in [5, 5.41) is 0. The molecule has 0 aliphatic rings. The number of hydrogen-bond donors (Lipinski definition) is 0. The second kappa shape index (κ2) is 22.2. The van der Waals surface area contributed by atoms with Crippen molar-refractivity contribution in [1.29, 1.82) is 0 Å². The fourth-order valence-electron chi connectivity index (χ4n) is 1.55. The van der Waals surface area contributed by atoms with Crippen molar-refractivity contribution < 1.29 is 9.13 Å². The highest BCUT2D eigenvalue weighted by atomic mass is 19.1. The van der Waals surface area contributed by atoms with Crippen LogP contribution in [-0.2, 0) is 0 Å². The first-order valence-electron chi connectivity index (χ1n) is 8.79. The van der Waals surface area contributed by atoms with Crippen molar-refractivity contribution in [3.8, 4) is 5.75 Å². The molecular weight excluding hydrogens is 277 g/mol. The number of nitrogens with zero attached hydrogens (tertiary/aromatic N) is 1. The van der Waals surface area contributed by atoms with Gasteiger partial charge in [-0.1, -0.05) is 48.5 Å². The van der Waals surface area contributed by atoms with Crippen LogP contribution >= 0.6 is 0 Å². The Balaban J connectivity index is -0.000000535. The third-order valence-corrected chi connectivity index (χ3v) is 2.37. The molecule has 0 saturated heterocycles. The zero-order valence-corrected chi connectivity index (χ0v) is 16.1. The minimum Gasteiger partial charge on any atom is -0.494 e. The summed E-state index contributed by atoms with van der Waals surface area (Å²) in [6, 6.07) is 6.15. The standard InChI is InChI=1S/C13H20FNO.3C2H6/c1-3-9-15(2)10-4-11-16-13-7-5-12(14)6-8-13;3*1-2/h5-8H,3-4,9-11H2,1-2H3;3*1-2H3. The minimum absolute atomic E-state index is 0.227. The van der Waals surface area contributed by atoms with Gasteiger partial charge in [0.25, 0.3) is 0 Å². The van der Waals surface area contributed by atoms with Crippen LogP contribution in [0.3, 0.4) is 0 Å². The third-order valence-electron chi connectivity index (χ3n) is 2.37. The molecule has 0 spiro atoms. The lowest BCUT2D eigenvalue weighted by Crippen LogP contribution is -2.21. The van der Waals surface area contributed by atoms with E-state index in [4.69, 9.17) is 4.74 Å². The molecule has 0 aliphatic heterocycles. The molecule has 0 bridgehead atoms. The topological polar surface area (TPSA) is 12.5 Å². The molecular formula is C19H38FNO. The van der Waals surface area contributed by atoms with Crippen molar-refractivity contribution in [3.05, 3.63) is 30.1 Å².